The fraction of sp³-hybridized carbons (Fsp3) is 0.286. The zero-order chi connectivity index (χ0) is 19.8. The molecule has 3 heterocycles. The lowest BCUT2D eigenvalue weighted by Gasteiger charge is -2.05. The zero-order valence-electron chi connectivity index (χ0n) is 16.4. The predicted molar refractivity (Wildman–Crippen MR) is 106 cm³/mol. The molecule has 4 rings (SSSR count). The van der Waals surface area contributed by atoms with Crippen LogP contribution in [0, 0.1) is 20.8 Å². The highest BCUT2D eigenvalue weighted by Crippen LogP contribution is 2.28. The van der Waals surface area contributed by atoms with Crippen LogP contribution >= 0.6 is 0 Å². The summed E-state index contributed by atoms with van der Waals surface area (Å²) in [6.07, 6.45) is 1.37. The van der Waals surface area contributed by atoms with E-state index in [0.717, 1.165) is 51.7 Å². The highest BCUT2D eigenvalue weighted by Gasteiger charge is 2.16. The molecule has 0 aliphatic rings. The van der Waals surface area contributed by atoms with E-state index < -0.39 is 0 Å². The second-order valence-electron chi connectivity index (χ2n) is 6.89. The third kappa shape index (κ3) is 3.09. The fourth-order valence-corrected chi connectivity index (χ4v) is 3.54. The molecule has 0 atom stereocenters. The smallest absolute Gasteiger partial charge is 0.272 e. The van der Waals surface area contributed by atoms with Gasteiger partial charge in [0.25, 0.3) is 5.56 Å². The molecule has 0 unspecified atom stereocenters. The molecular formula is C21H22N4O3. The Balaban J connectivity index is 1.75. The summed E-state index contributed by atoms with van der Waals surface area (Å²) in [5.74, 6) is 1.60. The molecule has 0 radical (unpaired) electrons. The summed E-state index contributed by atoms with van der Waals surface area (Å²) >= 11 is 0. The van der Waals surface area contributed by atoms with E-state index in [1.807, 2.05) is 45.0 Å². The molecule has 28 heavy (non-hydrogen) atoms. The van der Waals surface area contributed by atoms with Crippen molar-refractivity contribution < 1.29 is 9.26 Å². The highest BCUT2D eigenvalue weighted by molar-refractivity contribution is 5.80. The Morgan fingerprint density at radius 2 is 1.89 bits per heavy atom. The van der Waals surface area contributed by atoms with Crippen LogP contribution in [0.1, 0.15) is 28.4 Å². The second-order valence-corrected chi connectivity index (χ2v) is 6.89. The topological polar surface area (TPSA) is 85.4 Å². The number of aryl methyl sites for hydroxylation is 4. The predicted octanol–water partition coefficient (Wildman–Crippen LogP) is 3.40. The number of aromatic amines is 1. The summed E-state index contributed by atoms with van der Waals surface area (Å²) in [6, 6.07) is 9.32. The number of ether oxygens (including phenoxy) is 1. The Bertz CT molecular complexity index is 1180. The van der Waals surface area contributed by atoms with Gasteiger partial charge >= 0.3 is 0 Å². The van der Waals surface area contributed by atoms with Crippen LogP contribution in [0.15, 0.2) is 39.6 Å². The third-order valence-electron chi connectivity index (χ3n) is 5.04. The van der Waals surface area contributed by atoms with Gasteiger partial charge in [-0.3, -0.25) is 9.89 Å². The molecule has 0 fully saturated rings. The Labute approximate surface area is 162 Å². The molecular weight excluding hydrogens is 356 g/mol. The first-order valence-electron chi connectivity index (χ1n) is 9.15. The molecule has 0 saturated carbocycles. The molecule has 7 nitrogen and oxygen atoms in total. The van der Waals surface area contributed by atoms with Crippen molar-refractivity contribution in [1.29, 1.82) is 0 Å². The number of nitrogens with one attached hydrogen (secondary N) is 1. The van der Waals surface area contributed by atoms with Crippen LogP contribution in [0.2, 0.25) is 0 Å². The van der Waals surface area contributed by atoms with Gasteiger partial charge in [-0.05, 0) is 51.3 Å². The first-order valence-corrected chi connectivity index (χ1v) is 9.15. The van der Waals surface area contributed by atoms with Crippen molar-refractivity contribution in [2.24, 2.45) is 0 Å². The normalized spacial score (nSPS) is 11.3. The first-order chi connectivity index (χ1) is 13.5. The molecule has 4 aromatic rings. The maximum atomic E-state index is 12.6. The molecule has 0 aliphatic carbocycles. The lowest BCUT2D eigenvalue weighted by atomic mass is 10.1. The van der Waals surface area contributed by atoms with Crippen molar-refractivity contribution in [3.63, 3.8) is 0 Å². The Hall–Kier alpha value is -3.35. The summed E-state index contributed by atoms with van der Waals surface area (Å²) in [6.45, 7) is 5.77. The summed E-state index contributed by atoms with van der Waals surface area (Å²) in [4.78, 5) is 17.4. The molecule has 0 aliphatic heterocycles. The van der Waals surface area contributed by atoms with Crippen molar-refractivity contribution >= 4 is 5.65 Å². The van der Waals surface area contributed by atoms with E-state index in [9.17, 15) is 4.79 Å². The van der Waals surface area contributed by atoms with Crippen molar-refractivity contribution in [3.05, 3.63) is 69.1 Å². The highest BCUT2D eigenvalue weighted by atomic mass is 16.5. The number of hydrogen-bond acceptors (Lipinski definition) is 5. The van der Waals surface area contributed by atoms with E-state index >= 15 is 0 Å². The molecule has 0 bridgehead atoms. The number of methoxy groups -OCH3 is 1. The van der Waals surface area contributed by atoms with Crippen LogP contribution in [0.4, 0.5) is 0 Å². The minimum Gasteiger partial charge on any atom is -0.497 e. The molecule has 0 saturated heterocycles. The van der Waals surface area contributed by atoms with Gasteiger partial charge in [0.1, 0.15) is 11.5 Å². The summed E-state index contributed by atoms with van der Waals surface area (Å²) in [5, 5.41) is 7.11. The lowest BCUT2D eigenvalue weighted by molar-refractivity contribution is 0.392. The van der Waals surface area contributed by atoms with Gasteiger partial charge in [-0.1, -0.05) is 17.3 Å². The van der Waals surface area contributed by atoms with E-state index in [2.05, 4.69) is 10.3 Å². The first kappa shape index (κ1) is 18.0. The number of fused-ring (bicyclic) bond motifs is 1. The monoisotopic (exact) mass is 378 g/mol. The average molecular weight is 378 g/mol. The van der Waals surface area contributed by atoms with Crippen molar-refractivity contribution in [1.82, 2.24) is 19.8 Å². The van der Waals surface area contributed by atoms with Crippen LogP contribution in [-0.2, 0) is 12.8 Å². The van der Waals surface area contributed by atoms with Crippen molar-refractivity contribution in [2.75, 3.05) is 7.11 Å². The third-order valence-corrected chi connectivity index (χ3v) is 5.04. The van der Waals surface area contributed by atoms with Gasteiger partial charge < -0.3 is 9.26 Å². The van der Waals surface area contributed by atoms with Crippen LogP contribution in [0.25, 0.3) is 16.8 Å². The molecule has 7 heteroatoms. The van der Waals surface area contributed by atoms with Gasteiger partial charge in [0.15, 0.2) is 5.65 Å². The van der Waals surface area contributed by atoms with Crippen LogP contribution in [0.5, 0.6) is 5.75 Å². The van der Waals surface area contributed by atoms with Crippen molar-refractivity contribution in [2.45, 2.75) is 33.6 Å². The number of rotatable bonds is 5. The minimum absolute atomic E-state index is 0.123. The van der Waals surface area contributed by atoms with Gasteiger partial charge in [-0.2, -0.15) is 0 Å². The quantitative estimate of drug-likeness (QED) is 0.575. The second kappa shape index (κ2) is 6.99. The Morgan fingerprint density at radius 3 is 2.54 bits per heavy atom. The van der Waals surface area contributed by atoms with Crippen LogP contribution in [0.3, 0.4) is 0 Å². The average Bonchev–Trinajstić information content (AvgIpc) is 3.19. The molecule has 0 amide bonds. The number of aromatic nitrogens is 4. The van der Waals surface area contributed by atoms with E-state index in [0.29, 0.717) is 12.1 Å². The largest absolute Gasteiger partial charge is 0.497 e. The molecule has 1 N–H and O–H groups in total. The maximum absolute atomic E-state index is 12.6. The molecule has 1 aromatic carbocycles. The molecule has 3 aromatic heterocycles. The number of benzene rings is 1. The molecule has 144 valence electrons. The fourth-order valence-electron chi connectivity index (χ4n) is 3.54. The van der Waals surface area contributed by atoms with E-state index in [4.69, 9.17) is 14.2 Å². The van der Waals surface area contributed by atoms with Crippen molar-refractivity contribution in [3.8, 4) is 16.9 Å². The van der Waals surface area contributed by atoms with Gasteiger partial charge in [-0.15, -0.1) is 0 Å². The number of H-pyrrole nitrogens is 1. The Kier molecular flexibility index (Phi) is 4.50. The van der Waals surface area contributed by atoms with E-state index in [-0.39, 0.29) is 5.56 Å². The van der Waals surface area contributed by atoms with E-state index in [1.54, 1.807) is 13.2 Å². The van der Waals surface area contributed by atoms with Gasteiger partial charge in [0.2, 0.25) is 0 Å². The van der Waals surface area contributed by atoms with E-state index in [1.165, 1.54) is 4.52 Å². The van der Waals surface area contributed by atoms with Crippen LogP contribution < -0.4 is 10.3 Å². The standard InChI is InChI=1S/C21H22N4O3/c1-12-18(14(3)28-24-12)10-7-16-11-19(26)25-21(22-16)20(13(2)23-25)15-5-8-17(27-4)9-6-15/h5-6,8-9,11,23H,7,10H2,1-4H3. The number of nitrogens with zero attached hydrogens (tertiary/aromatic N) is 3. The maximum Gasteiger partial charge on any atom is 0.272 e. The SMILES string of the molecule is COc1ccc(-c2c(C)[nH]n3c(=O)cc(CCc4c(C)noc4C)nc23)cc1. The lowest BCUT2D eigenvalue weighted by Crippen LogP contribution is -2.16. The molecule has 0 spiro atoms. The summed E-state index contributed by atoms with van der Waals surface area (Å²) in [5.41, 5.74) is 5.99. The van der Waals surface area contributed by atoms with Gasteiger partial charge in [0, 0.05) is 28.6 Å². The minimum atomic E-state index is -0.123. The zero-order valence-corrected chi connectivity index (χ0v) is 16.4. The Morgan fingerprint density at radius 1 is 1.14 bits per heavy atom. The van der Waals surface area contributed by atoms with Crippen LogP contribution in [-0.4, -0.2) is 26.9 Å². The summed E-state index contributed by atoms with van der Waals surface area (Å²) < 4.78 is 12.0. The summed E-state index contributed by atoms with van der Waals surface area (Å²) in [7, 11) is 1.64. The van der Waals surface area contributed by atoms with Gasteiger partial charge in [0.05, 0.1) is 12.8 Å². The van der Waals surface area contributed by atoms with Gasteiger partial charge in [-0.25, -0.2) is 9.50 Å². The number of hydrogen-bond donors (Lipinski definition) is 1.